The fraction of sp³-hybridized carbons (Fsp3) is 0.0476. The van der Waals surface area contributed by atoms with Crippen molar-refractivity contribution in [2.24, 2.45) is 5.16 Å². The first-order valence-corrected chi connectivity index (χ1v) is 8.72. The minimum atomic E-state index is -4.67. The minimum Gasteiger partial charge on any atom is -0.410 e. The van der Waals surface area contributed by atoms with E-state index in [-0.39, 0.29) is 22.8 Å². The first-order valence-electron chi connectivity index (χ1n) is 8.72. The SMILES string of the molecule is Nc1nc2ccc(C(=NO)c3ccccc3)cn2c1-c1ccc(C(F)(F)F)cc1F. The molecule has 0 atom stereocenters. The largest absolute Gasteiger partial charge is 0.416 e. The van der Waals surface area contributed by atoms with E-state index in [4.69, 9.17) is 5.73 Å². The molecule has 152 valence electrons. The number of nitrogens with two attached hydrogens (primary N) is 1. The third-order valence-corrected chi connectivity index (χ3v) is 4.62. The molecule has 0 bridgehead atoms. The lowest BCUT2D eigenvalue weighted by atomic mass is 10.0. The van der Waals surface area contributed by atoms with Crippen molar-refractivity contribution in [3.8, 4) is 11.3 Å². The smallest absolute Gasteiger partial charge is 0.410 e. The van der Waals surface area contributed by atoms with Crippen LogP contribution in [-0.4, -0.2) is 20.3 Å². The summed E-state index contributed by atoms with van der Waals surface area (Å²) in [5.74, 6) is -1.13. The van der Waals surface area contributed by atoms with Gasteiger partial charge in [0.25, 0.3) is 0 Å². The highest BCUT2D eigenvalue weighted by Gasteiger charge is 2.31. The summed E-state index contributed by atoms with van der Waals surface area (Å²) in [4.78, 5) is 4.15. The average molecular weight is 414 g/mol. The molecule has 0 aliphatic carbocycles. The van der Waals surface area contributed by atoms with E-state index in [0.29, 0.717) is 22.8 Å². The Kier molecular flexibility index (Phi) is 4.65. The highest BCUT2D eigenvalue weighted by molar-refractivity contribution is 6.12. The Balaban J connectivity index is 1.88. The minimum absolute atomic E-state index is 0.0481. The molecule has 2 aromatic heterocycles. The van der Waals surface area contributed by atoms with Gasteiger partial charge < -0.3 is 10.9 Å². The van der Waals surface area contributed by atoms with Gasteiger partial charge in [-0.3, -0.25) is 4.40 Å². The van der Waals surface area contributed by atoms with E-state index >= 15 is 0 Å². The second-order valence-electron chi connectivity index (χ2n) is 6.50. The number of oxime groups is 1. The van der Waals surface area contributed by atoms with Crippen molar-refractivity contribution in [2.75, 3.05) is 5.73 Å². The molecule has 0 radical (unpaired) electrons. The molecular formula is C21H14F4N4O. The number of nitrogens with zero attached hydrogens (tertiary/aromatic N) is 3. The maximum Gasteiger partial charge on any atom is 0.416 e. The molecule has 4 rings (SSSR count). The molecule has 0 amide bonds. The molecule has 9 heteroatoms. The first kappa shape index (κ1) is 19.4. The van der Waals surface area contributed by atoms with Gasteiger partial charge in [-0.1, -0.05) is 35.5 Å². The highest BCUT2D eigenvalue weighted by Crippen LogP contribution is 2.35. The number of pyridine rings is 1. The lowest BCUT2D eigenvalue weighted by molar-refractivity contribution is -0.137. The van der Waals surface area contributed by atoms with Gasteiger partial charge in [0.2, 0.25) is 0 Å². The van der Waals surface area contributed by atoms with Gasteiger partial charge in [0.05, 0.1) is 11.3 Å². The van der Waals surface area contributed by atoms with Gasteiger partial charge in [0.1, 0.15) is 17.2 Å². The second-order valence-corrected chi connectivity index (χ2v) is 6.50. The zero-order valence-electron chi connectivity index (χ0n) is 15.2. The predicted octanol–water partition coefficient (Wildman–Crippen LogP) is 4.97. The number of benzene rings is 2. The molecule has 0 fully saturated rings. The van der Waals surface area contributed by atoms with Crippen molar-refractivity contribution < 1.29 is 22.8 Å². The number of imidazole rings is 1. The summed E-state index contributed by atoms with van der Waals surface area (Å²) >= 11 is 0. The summed E-state index contributed by atoms with van der Waals surface area (Å²) in [7, 11) is 0. The zero-order chi connectivity index (χ0) is 21.5. The van der Waals surface area contributed by atoms with Crippen LogP contribution in [0.3, 0.4) is 0 Å². The fourth-order valence-electron chi connectivity index (χ4n) is 3.23. The highest BCUT2D eigenvalue weighted by atomic mass is 19.4. The Morgan fingerprint density at radius 3 is 2.37 bits per heavy atom. The molecule has 0 aliphatic heterocycles. The van der Waals surface area contributed by atoms with Gasteiger partial charge in [-0.15, -0.1) is 0 Å². The standard InChI is InChI=1S/C21H14F4N4O/c22-16-10-14(21(23,24)25)7-8-15(16)19-20(26)27-17-9-6-13(11-29(17)19)18(28-30)12-4-2-1-3-5-12/h1-11,30H,26H2. The van der Waals surface area contributed by atoms with Crippen LogP contribution in [0.25, 0.3) is 16.9 Å². The van der Waals surface area contributed by atoms with Crippen LogP contribution in [0.15, 0.2) is 72.0 Å². The van der Waals surface area contributed by atoms with Gasteiger partial charge >= 0.3 is 6.18 Å². The number of hydrogen-bond acceptors (Lipinski definition) is 4. The molecule has 5 nitrogen and oxygen atoms in total. The van der Waals surface area contributed by atoms with Gasteiger partial charge in [-0.05, 0) is 30.3 Å². The normalized spacial score (nSPS) is 12.5. The first-order chi connectivity index (χ1) is 14.3. The monoisotopic (exact) mass is 414 g/mol. The van der Waals surface area contributed by atoms with Crippen molar-refractivity contribution in [3.63, 3.8) is 0 Å². The van der Waals surface area contributed by atoms with E-state index in [9.17, 15) is 22.8 Å². The third kappa shape index (κ3) is 3.34. The fourth-order valence-corrected chi connectivity index (χ4v) is 3.23. The number of anilines is 1. The number of nitrogen functional groups attached to an aromatic ring is 1. The van der Waals surface area contributed by atoms with E-state index in [1.165, 1.54) is 10.6 Å². The van der Waals surface area contributed by atoms with Crippen LogP contribution in [0, 0.1) is 5.82 Å². The molecule has 3 N–H and O–H groups in total. The summed E-state index contributed by atoms with van der Waals surface area (Å²) in [5, 5.41) is 12.9. The molecule has 0 saturated carbocycles. The van der Waals surface area contributed by atoms with Gasteiger partial charge in [-0.25, -0.2) is 9.37 Å². The van der Waals surface area contributed by atoms with Crippen LogP contribution >= 0.6 is 0 Å². The van der Waals surface area contributed by atoms with Crippen molar-refractivity contribution >= 4 is 17.2 Å². The Bertz CT molecular complexity index is 1260. The van der Waals surface area contributed by atoms with Crippen molar-refractivity contribution in [1.82, 2.24) is 9.38 Å². The molecule has 0 saturated heterocycles. The Labute approximate surface area is 167 Å². The lowest BCUT2D eigenvalue weighted by Gasteiger charge is -2.11. The maximum absolute atomic E-state index is 14.6. The van der Waals surface area contributed by atoms with Crippen LogP contribution in [0.1, 0.15) is 16.7 Å². The number of halogens is 4. The maximum atomic E-state index is 14.6. The number of fused-ring (bicyclic) bond motifs is 1. The third-order valence-electron chi connectivity index (χ3n) is 4.62. The molecule has 30 heavy (non-hydrogen) atoms. The van der Waals surface area contributed by atoms with E-state index in [2.05, 4.69) is 10.1 Å². The van der Waals surface area contributed by atoms with E-state index < -0.39 is 17.6 Å². The van der Waals surface area contributed by atoms with Crippen molar-refractivity contribution in [2.45, 2.75) is 6.18 Å². The molecule has 0 spiro atoms. The topological polar surface area (TPSA) is 75.9 Å². The lowest BCUT2D eigenvalue weighted by Crippen LogP contribution is -2.07. The predicted molar refractivity (Wildman–Crippen MR) is 104 cm³/mol. The number of hydrogen-bond donors (Lipinski definition) is 2. The molecule has 0 unspecified atom stereocenters. The Morgan fingerprint density at radius 2 is 1.73 bits per heavy atom. The number of aromatic nitrogens is 2. The summed E-state index contributed by atoms with van der Waals surface area (Å²) in [6, 6.07) is 14.3. The quantitative estimate of drug-likeness (QED) is 0.215. The van der Waals surface area contributed by atoms with Crippen LogP contribution in [-0.2, 0) is 6.18 Å². The van der Waals surface area contributed by atoms with Crippen LogP contribution in [0.2, 0.25) is 0 Å². The summed E-state index contributed by atoms with van der Waals surface area (Å²) in [6.07, 6.45) is -3.13. The van der Waals surface area contributed by atoms with E-state index in [1.54, 1.807) is 36.4 Å². The Hall–Kier alpha value is -3.88. The van der Waals surface area contributed by atoms with Gasteiger partial charge in [-0.2, -0.15) is 13.2 Å². The summed E-state index contributed by atoms with van der Waals surface area (Å²) in [6.45, 7) is 0. The van der Waals surface area contributed by atoms with Crippen LogP contribution in [0.5, 0.6) is 0 Å². The second kappa shape index (κ2) is 7.18. The van der Waals surface area contributed by atoms with Gasteiger partial charge in [0, 0.05) is 22.9 Å². The van der Waals surface area contributed by atoms with Crippen molar-refractivity contribution in [1.29, 1.82) is 0 Å². The van der Waals surface area contributed by atoms with Crippen molar-refractivity contribution in [3.05, 3.63) is 89.4 Å². The zero-order valence-corrected chi connectivity index (χ0v) is 15.2. The molecule has 2 aromatic carbocycles. The molecule has 2 heterocycles. The van der Waals surface area contributed by atoms with E-state index in [0.717, 1.165) is 12.1 Å². The van der Waals surface area contributed by atoms with Crippen LogP contribution in [0.4, 0.5) is 23.4 Å². The summed E-state index contributed by atoms with van der Waals surface area (Å²) < 4.78 is 54.6. The average Bonchev–Trinajstić information content (AvgIpc) is 3.04. The number of rotatable bonds is 3. The molecular weight excluding hydrogens is 400 g/mol. The van der Waals surface area contributed by atoms with Gasteiger partial charge in [0.15, 0.2) is 5.82 Å². The molecule has 4 aromatic rings. The summed E-state index contributed by atoms with van der Waals surface area (Å²) in [5.41, 5.74) is 6.53. The van der Waals surface area contributed by atoms with Crippen LogP contribution < -0.4 is 5.73 Å². The Morgan fingerprint density at radius 1 is 1.00 bits per heavy atom. The molecule has 0 aliphatic rings. The van der Waals surface area contributed by atoms with E-state index in [1.807, 2.05) is 6.07 Å². The number of alkyl halides is 3.